The first-order valence-corrected chi connectivity index (χ1v) is 8.89. The molecular formula is C13H22N4O3S. The predicted octanol–water partition coefficient (Wildman–Crippen LogP) is 1.07. The topological polar surface area (TPSA) is 118 Å². The van der Waals surface area contributed by atoms with Crippen LogP contribution in [0.2, 0.25) is 0 Å². The van der Waals surface area contributed by atoms with Crippen molar-refractivity contribution in [1.29, 1.82) is 0 Å². The molecule has 1 heterocycles. The second kappa shape index (κ2) is 6.57. The Balaban J connectivity index is 2.21. The first-order chi connectivity index (χ1) is 9.93. The summed E-state index contributed by atoms with van der Waals surface area (Å²) in [5, 5.41) is 14.5. The Morgan fingerprint density at radius 2 is 1.95 bits per heavy atom. The number of nitrogens with zero attached hydrogens (tertiary/aromatic N) is 1. The van der Waals surface area contributed by atoms with Crippen LogP contribution in [0.1, 0.15) is 61.6 Å². The van der Waals surface area contributed by atoms with Crippen LogP contribution < -0.4 is 10.5 Å². The van der Waals surface area contributed by atoms with E-state index in [2.05, 4.69) is 15.5 Å². The Morgan fingerprint density at radius 1 is 1.33 bits per heavy atom. The summed E-state index contributed by atoms with van der Waals surface area (Å²) in [4.78, 5) is 12.1. The Bertz CT molecular complexity index is 601. The number of amides is 1. The number of carbonyl (C=O) groups is 1. The summed E-state index contributed by atoms with van der Waals surface area (Å²) in [6, 6.07) is 0.0788. The molecule has 1 aromatic heterocycles. The molecule has 7 nitrogen and oxygen atoms in total. The number of nitrogens with one attached hydrogen (secondary N) is 2. The fourth-order valence-corrected chi connectivity index (χ4v) is 3.69. The molecule has 0 atom stereocenters. The van der Waals surface area contributed by atoms with Gasteiger partial charge in [0, 0.05) is 6.04 Å². The van der Waals surface area contributed by atoms with Crippen LogP contribution in [0.25, 0.3) is 0 Å². The smallest absolute Gasteiger partial charge is 0.273 e. The zero-order valence-corrected chi connectivity index (χ0v) is 13.0. The fourth-order valence-electron chi connectivity index (χ4n) is 2.75. The van der Waals surface area contributed by atoms with Gasteiger partial charge in [-0.15, -0.1) is 0 Å². The molecule has 1 aliphatic carbocycles. The number of hydrogen-bond donors (Lipinski definition) is 3. The van der Waals surface area contributed by atoms with E-state index in [1.807, 2.05) is 0 Å². The molecule has 8 heteroatoms. The predicted molar refractivity (Wildman–Crippen MR) is 78.3 cm³/mol. The molecule has 2 rings (SSSR count). The lowest BCUT2D eigenvalue weighted by Crippen LogP contribution is -2.35. The fraction of sp³-hybridized carbons (Fsp3) is 0.692. The Hall–Kier alpha value is -1.41. The second-order valence-electron chi connectivity index (χ2n) is 5.44. The highest BCUT2D eigenvalue weighted by Gasteiger charge is 2.28. The number of hydrogen-bond acceptors (Lipinski definition) is 4. The van der Waals surface area contributed by atoms with Gasteiger partial charge in [0.25, 0.3) is 5.91 Å². The standard InChI is InChI=1S/C13H22N4O3S/c1-2-10-12(21(14,19)20)11(17-16-10)13(18)15-9-7-5-3-4-6-8-9/h9H,2-8H2,1H3,(H,15,18)(H,16,17)(H2,14,19,20). The third kappa shape index (κ3) is 3.82. The molecule has 4 N–H and O–H groups in total. The summed E-state index contributed by atoms with van der Waals surface area (Å²) in [6.45, 7) is 1.77. The molecular weight excluding hydrogens is 292 g/mol. The minimum atomic E-state index is -3.98. The van der Waals surface area contributed by atoms with Gasteiger partial charge in [-0.05, 0) is 19.3 Å². The average Bonchev–Trinajstić information content (AvgIpc) is 2.71. The zero-order valence-electron chi connectivity index (χ0n) is 12.2. The molecule has 0 spiro atoms. The molecule has 118 valence electrons. The van der Waals surface area contributed by atoms with E-state index in [4.69, 9.17) is 5.14 Å². The molecule has 1 aliphatic rings. The van der Waals surface area contributed by atoms with Crippen LogP contribution in [0.5, 0.6) is 0 Å². The molecule has 1 aromatic rings. The highest BCUT2D eigenvalue weighted by Crippen LogP contribution is 2.20. The number of nitrogens with two attached hydrogens (primary N) is 1. The van der Waals surface area contributed by atoms with Crippen molar-refractivity contribution in [1.82, 2.24) is 15.5 Å². The van der Waals surface area contributed by atoms with E-state index in [0.717, 1.165) is 25.7 Å². The molecule has 0 unspecified atom stereocenters. The lowest BCUT2D eigenvalue weighted by molar-refractivity contribution is 0.0925. The van der Waals surface area contributed by atoms with Crippen molar-refractivity contribution in [2.45, 2.75) is 62.8 Å². The van der Waals surface area contributed by atoms with E-state index in [1.165, 1.54) is 12.8 Å². The van der Waals surface area contributed by atoms with Crippen LogP contribution in [-0.2, 0) is 16.4 Å². The van der Waals surface area contributed by atoms with Gasteiger partial charge < -0.3 is 5.32 Å². The molecule has 1 amide bonds. The summed E-state index contributed by atoms with van der Waals surface area (Å²) in [5.41, 5.74) is 0.238. The van der Waals surface area contributed by atoms with Crippen LogP contribution in [0, 0.1) is 0 Å². The lowest BCUT2D eigenvalue weighted by Gasteiger charge is -2.15. The number of aryl methyl sites for hydroxylation is 1. The zero-order chi connectivity index (χ0) is 15.5. The minimum absolute atomic E-state index is 0.0788. The Labute approximate surface area is 124 Å². The molecule has 0 aromatic carbocycles. The van der Waals surface area contributed by atoms with Crippen molar-refractivity contribution < 1.29 is 13.2 Å². The number of sulfonamides is 1. The van der Waals surface area contributed by atoms with Crippen molar-refractivity contribution >= 4 is 15.9 Å². The average molecular weight is 314 g/mol. The maximum atomic E-state index is 12.3. The lowest BCUT2D eigenvalue weighted by atomic mass is 10.1. The van der Waals surface area contributed by atoms with Gasteiger partial charge in [-0.3, -0.25) is 9.89 Å². The van der Waals surface area contributed by atoms with Gasteiger partial charge in [0.15, 0.2) is 5.69 Å². The van der Waals surface area contributed by atoms with Gasteiger partial charge in [-0.1, -0.05) is 32.6 Å². The first-order valence-electron chi connectivity index (χ1n) is 7.34. The molecule has 1 saturated carbocycles. The summed E-state index contributed by atoms with van der Waals surface area (Å²) in [6.07, 6.45) is 6.76. The highest BCUT2D eigenvalue weighted by atomic mass is 32.2. The van der Waals surface area contributed by atoms with Crippen LogP contribution in [0.15, 0.2) is 4.90 Å². The van der Waals surface area contributed by atoms with Crippen molar-refractivity contribution in [3.63, 3.8) is 0 Å². The maximum Gasteiger partial charge on any atom is 0.273 e. The summed E-state index contributed by atoms with van der Waals surface area (Å²) < 4.78 is 23.4. The van der Waals surface area contributed by atoms with Crippen molar-refractivity contribution in [3.8, 4) is 0 Å². The van der Waals surface area contributed by atoms with E-state index in [1.54, 1.807) is 6.92 Å². The van der Waals surface area contributed by atoms with Gasteiger partial charge in [0.05, 0.1) is 5.69 Å². The Morgan fingerprint density at radius 3 is 2.48 bits per heavy atom. The highest BCUT2D eigenvalue weighted by molar-refractivity contribution is 7.89. The summed E-state index contributed by atoms with van der Waals surface area (Å²) in [7, 11) is -3.98. The monoisotopic (exact) mass is 314 g/mol. The largest absolute Gasteiger partial charge is 0.348 e. The molecule has 1 fully saturated rings. The number of rotatable bonds is 4. The van der Waals surface area contributed by atoms with Gasteiger partial charge in [-0.2, -0.15) is 5.10 Å². The number of aromatic nitrogens is 2. The number of carbonyl (C=O) groups excluding carboxylic acids is 1. The van der Waals surface area contributed by atoms with Gasteiger partial charge in [-0.25, -0.2) is 13.6 Å². The second-order valence-corrected chi connectivity index (χ2v) is 6.94. The van der Waals surface area contributed by atoms with Gasteiger partial charge >= 0.3 is 0 Å². The van der Waals surface area contributed by atoms with Crippen molar-refractivity contribution in [2.24, 2.45) is 5.14 Å². The molecule has 0 aliphatic heterocycles. The normalized spacial score (nSPS) is 17.4. The van der Waals surface area contributed by atoms with Crippen molar-refractivity contribution in [3.05, 3.63) is 11.4 Å². The Kier molecular flexibility index (Phi) is 5.00. The number of aromatic amines is 1. The minimum Gasteiger partial charge on any atom is -0.348 e. The van der Waals surface area contributed by atoms with Crippen molar-refractivity contribution in [2.75, 3.05) is 0 Å². The van der Waals surface area contributed by atoms with Gasteiger partial charge in [0.2, 0.25) is 10.0 Å². The molecule has 0 radical (unpaired) electrons. The van der Waals surface area contributed by atoms with Crippen LogP contribution in [0.4, 0.5) is 0 Å². The maximum absolute atomic E-state index is 12.3. The van der Waals surface area contributed by atoms with E-state index in [9.17, 15) is 13.2 Å². The van der Waals surface area contributed by atoms with E-state index < -0.39 is 15.9 Å². The van der Waals surface area contributed by atoms with Crippen LogP contribution in [0.3, 0.4) is 0 Å². The third-order valence-corrected chi connectivity index (χ3v) is 4.84. The first kappa shape index (κ1) is 16.0. The van der Waals surface area contributed by atoms with E-state index in [-0.39, 0.29) is 16.6 Å². The van der Waals surface area contributed by atoms with Crippen LogP contribution in [-0.4, -0.2) is 30.6 Å². The molecule has 0 saturated heterocycles. The quantitative estimate of drug-likeness (QED) is 0.720. The summed E-state index contributed by atoms with van der Waals surface area (Å²) >= 11 is 0. The van der Waals surface area contributed by atoms with E-state index >= 15 is 0 Å². The van der Waals surface area contributed by atoms with Gasteiger partial charge in [0.1, 0.15) is 4.90 Å². The number of H-pyrrole nitrogens is 1. The van der Waals surface area contributed by atoms with E-state index in [0.29, 0.717) is 12.1 Å². The SMILES string of the molecule is CCc1[nH]nc(C(=O)NC2CCCCCC2)c1S(N)(=O)=O. The summed E-state index contributed by atoms with van der Waals surface area (Å²) in [5.74, 6) is -0.470. The molecule has 0 bridgehead atoms. The number of primary sulfonamides is 1. The molecule has 21 heavy (non-hydrogen) atoms. The van der Waals surface area contributed by atoms with Crippen LogP contribution >= 0.6 is 0 Å². The third-order valence-electron chi connectivity index (χ3n) is 3.84.